The first kappa shape index (κ1) is 18.0. The van der Waals surface area contributed by atoms with Gasteiger partial charge in [0, 0.05) is 26.3 Å². The normalized spacial score (nSPS) is 28.3. The van der Waals surface area contributed by atoms with Crippen LogP contribution < -0.4 is 0 Å². The van der Waals surface area contributed by atoms with E-state index in [2.05, 4.69) is 0 Å². The Kier molecular flexibility index (Phi) is 5.23. The van der Waals surface area contributed by atoms with E-state index in [1.165, 1.54) is 0 Å². The van der Waals surface area contributed by atoms with Crippen LogP contribution in [0.4, 0.5) is 4.79 Å². The van der Waals surface area contributed by atoms with Gasteiger partial charge in [0.1, 0.15) is 5.60 Å². The number of carboxylic acids is 1. The molecule has 0 aromatic heterocycles. The van der Waals surface area contributed by atoms with Crippen molar-refractivity contribution in [1.82, 2.24) is 4.90 Å². The highest BCUT2D eigenvalue weighted by atomic mass is 16.6. The molecule has 1 N–H and O–H groups in total. The van der Waals surface area contributed by atoms with Gasteiger partial charge in [-0.3, -0.25) is 4.79 Å². The highest BCUT2D eigenvalue weighted by molar-refractivity contribution is 5.75. The smallest absolute Gasteiger partial charge is 0.410 e. The van der Waals surface area contributed by atoms with E-state index in [1.54, 1.807) is 4.90 Å². The SMILES string of the molecule is CC1CN(C(=O)OC(C)(C)C)CCC1C1(C(=O)O)CCOCC1. The maximum absolute atomic E-state index is 12.2. The summed E-state index contributed by atoms with van der Waals surface area (Å²) < 4.78 is 10.8. The third-order valence-electron chi connectivity index (χ3n) is 5.08. The van der Waals surface area contributed by atoms with Crippen molar-refractivity contribution in [2.75, 3.05) is 26.3 Å². The van der Waals surface area contributed by atoms with Crippen molar-refractivity contribution in [2.45, 2.75) is 52.6 Å². The largest absolute Gasteiger partial charge is 0.481 e. The molecular formula is C17H29NO5. The van der Waals surface area contributed by atoms with Crippen molar-refractivity contribution in [3.63, 3.8) is 0 Å². The minimum Gasteiger partial charge on any atom is -0.481 e. The van der Waals surface area contributed by atoms with Crippen LogP contribution in [0.3, 0.4) is 0 Å². The van der Waals surface area contributed by atoms with Gasteiger partial charge in [0.2, 0.25) is 0 Å². The Balaban J connectivity index is 2.06. The summed E-state index contributed by atoms with van der Waals surface area (Å²) in [7, 11) is 0. The number of hydrogen-bond donors (Lipinski definition) is 1. The van der Waals surface area contributed by atoms with Gasteiger partial charge < -0.3 is 19.5 Å². The third kappa shape index (κ3) is 3.97. The van der Waals surface area contributed by atoms with Gasteiger partial charge in [-0.05, 0) is 51.9 Å². The number of piperidine rings is 1. The highest BCUT2D eigenvalue weighted by Crippen LogP contribution is 2.46. The Morgan fingerprint density at radius 3 is 2.35 bits per heavy atom. The fourth-order valence-corrected chi connectivity index (χ4v) is 3.94. The number of carbonyl (C=O) groups excluding carboxylic acids is 1. The summed E-state index contributed by atoms with van der Waals surface area (Å²) >= 11 is 0. The third-order valence-corrected chi connectivity index (χ3v) is 5.08. The molecule has 0 bridgehead atoms. The second-order valence-electron chi connectivity index (χ2n) is 7.87. The fourth-order valence-electron chi connectivity index (χ4n) is 3.94. The van der Waals surface area contributed by atoms with Gasteiger partial charge in [0.05, 0.1) is 5.41 Å². The summed E-state index contributed by atoms with van der Waals surface area (Å²) in [6, 6.07) is 0. The van der Waals surface area contributed by atoms with Crippen LogP contribution in [-0.2, 0) is 14.3 Å². The fraction of sp³-hybridized carbons (Fsp3) is 0.882. The number of nitrogens with zero attached hydrogens (tertiary/aromatic N) is 1. The molecule has 6 heteroatoms. The summed E-state index contributed by atoms with van der Waals surface area (Å²) in [6.07, 6.45) is 1.51. The topological polar surface area (TPSA) is 76.1 Å². The summed E-state index contributed by atoms with van der Waals surface area (Å²) in [6.45, 7) is 9.71. The van der Waals surface area contributed by atoms with Crippen LogP contribution >= 0.6 is 0 Å². The van der Waals surface area contributed by atoms with Crippen LogP contribution in [0.1, 0.15) is 47.0 Å². The molecule has 2 heterocycles. The van der Waals surface area contributed by atoms with E-state index in [9.17, 15) is 14.7 Å². The minimum absolute atomic E-state index is 0.0718. The monoisotopic (exact) mass is 327 g/mol. The van der Waals surface area contributed by atoms with E-state index in [-0.39, 0.29) is 17.9 Å². The molecule has 6 nitrogen and oxygen atoms in total. The first-order valence-electron chi connectivity index (χ1n) is 8.45. The van der Waals surface area contributed by atoms with Gasteiger partial charge in [0.25, 0.3) is 0 Å². The molecule has 2 atom stereocenters. The first-order valence-corrected chi connectivity index (χ1v) is 8.45. The average molecular weight is 327 g/mol. The number of rotatable bonds is 2. The van der Waals surface area contributed by atoms with Gasteiger partial charge in [-0.15, -0.1) is 0 Å². The quantitative estimate of drug-likeness (QED) is 0.844. The molecular weight excluding hydrogens is 298 g/mol. The summed E-state index contributed by atoms with van der Waals surface area (Å²) in [5.74, 6) is -0.517. The lowest BCUT2D eigenvalue weighted by atomic mass is 9.63. The molecule has 0 aromatic rings. The van der Waals surface area contributed by atoms with E-state index < -0.39 is 17.0 Å². The Morgan fingerprint density at radius 1 is 1.26 bits per heavy atom. The van der Waals surface area contributed by atoms with E-state index in [0.29, 0.717) is 45.6 Å². The Hall–Kier alpha value is -1.30. The van der Waals surface area contributed by atoms with Gasteiger partial charge >= 0.3 is 12.1 Å². The predicted octanol–water partition coefficient (Wildman–Crippen LogP) is 2.76. The van der Waals surface area contributed by atoms with Crippen molar-refractivity contribution >= 4 is 12.1 Å². The maximum atomic E-state index is 12.2. The van der Waals surface area contributed by atoms with Crippen LogP contribution in [0, 0.1) is 17.3 Å². The summed E-state index contributed by atoms with van der Waals surface area (Å²) in [5, 5.41) is 9.83. The zero-order valence-electron chi connectivity index (χ0n) is 14.6. The lowest BCUT2D eigenvalue weighted by molar-refractivity contribution is -0.164. The predicted molar refractivity (Wildman–Crippen MR) is 85.2 cm³/mol. The van der Waals surface area contributed by atoms with Crippen molar-refractivity contribution in [1.29, 1.82) is 0 Å². The van der Waals surface area contributed by atoms with E-state index in [0.717, 1.165) is 0 Å². The van der Waals surface area contributed by atoms with Crippen molar-refractivity contribution in [3.8, 4) is 0 Å². The van der Waals surface area contributed by atoms with Crippen molar-refractivity contribution in [3.05, 3.63) is 0 Å². The summed E-state index contributed by atoms with van der Waals surface area (Å²) in [4.78, 5) is 25.9. The Labute approximate surface area is 138 Å². The van der Waals surface area contributed by atoms with E-state index in [1.807, 2.05) is 27.7 Å². The van der Waals surface area contributed by atoms with E-state index in [4.69, 9.17) is 9.47 Å². The van der Waals surface area contributed by atoms with Crippen LogP contribution in [0.15, 0.2) is 0 Å². The van der Waals surface area contributed by atoms with Crippen molar-refractivity contribution in [2.24, 2.45) is 17.3 Å². The van der Waals surface area contributed by atoms with Crippen LogP contribution in [0.5, 0.6) is 0 Å². The lowest BCUT2D eigenvalue weighted by Gasteiger charge is -2.47. The molecule has 2 aliphatic rings. The molecule has 2 aliphatic heterocycles. The Bertz CT molecular complexity index is 450. The summed E-state index contributed by atoms with van der Waals surface area (Å²) in [5.41, 5.74) is -1.22. The van der Waals surface area contributed by atoms with Gasteiger partial charge in [-0.25, -0.2) is 4.79 Å². The van der Waals surface area contributed by atoms with Crippen LogP contribution in [0.2, 0.25) is 0 Å². The number of likely N-dealkylation sites (tertiary alicyclic amines) is 1. The number of aliphatic carboxylic acids is 1. The van der Waals surface area contributed by atoms with Crippen LogP contribution in [0.25, 0.3) is 0 Å². The van der Waals surface area contributed by atoms with E-state index >= 15 is 0 Å². The molecule has 0 aromatic carbocycles. The molecule has 2 fully saturated rings. The molecule has 1 amide bonds. The second kappa shape index (κ2) is 6.67. The highest BCUT2D eigenvalue weighted by Gasteiger charge is 2.50. The van der Waals surface area contributed by atoms with Gasteiger partial charge in [0.15, 0.2) is 0 Å². The van der Waals surface area contributed by atoms with Gasteiger partial charge in [-0.1, -0.05) is 6.92 Å². The zero-order valence-corrected chi connectivity index (χ0v) is 14.6. The number of carboxylic acid groups (broad SMARTS) is 1. The first-order chi connectivity index (χ1) is 10.7. The molecule has 0 aliphatic carbocycles. The van der Waals surface area contributed by atoms with Gasteiger partial charge in [-0.2, -0.15) is 0 Å². The molecule has 2 unspecified atom stereocenters. The number of carbonyl (C=O) groups is 2. The molecule has 2 rings (SSSR count). The second-order valence-corrected chi connectivity index (χ2v) is 7.87. The molecule has 23 heavy (non-hydrogen) atoms. The maximum Gasteiger partial charge on any atom is 0.410 e. The zero-order chi connectivity index (χ0) is 17.3. The van der Waals surface area contributed by atoms with Crippen molar-refractivity contribution < 1.29 is 24.2 Å². The number of amides is 1. The number of hydrogen-bond acceptors (Lipinski definition) is 4. The molecule has 0 saturated carbocycles. The Morgan fingerprint density at radius 2 is 1.87 bits per heavy atom. The molecule has 0 radical (unpaired) electrons. The standard InChI is InChI=1S/C17H29NO5/c1-12-11-18(15(21)23-16(2,3)4)8-5-13(12)17(14(19)20)6-9-22-10-7-17/h12-13H,5-11H2,1-4H3,(H,19,20). The lowest BCUT2D eigenvalue weighted by Crippen LogP contribution is -2.53. The molecule has 2 saturated heterocycles. The average Bonchev–Trinajstić information content (AvgIpc) is 2.45. The minimum atomic E-state index is -0.719. The molecule has 0 spiro atoms. The molecule has 132 valence electrons. The van der Waals surface area contributed by atoms with Crippen LogP contribution in [-0.4, -0.2) is 54.0 Å². The number of ether oxygens (including phenoxy) is 2.